The Labute approximate surface area is 131 Å². The summed E-state index contributed by atoms with van der Waals surface area (Å²) in [6.07, 6.45) is 2.52. The highest BCUT2D eigenvalue weighted by Crippen LogP contribution is 2.64. The summed E-state index contributed by atoms with van der Waals surface area (Å²) in [5.41, 5.74) is 6.17. The Kier molecular flexibility index (Phi) is 3.22. The lowest BCUT2D eigenvalue weighted by Gasteiger charge is -2.15. The first-order chi connectivity index (χ1) is 9.81. The lowest BCUT2D eigenvalue weighted by atomic mass is 9.92. The minimum Gasteiger partial charge on any atom is -0.271 e. The van der Waals surface area contributed by atoms with Gasteiger partial charge in [-0.25, -0.2) is 0 Å². The Morgan fingerprint density at radius 2 is 2.15 bits per heavy atom. The van der Waals surface area contributed by atoms with Gasteiger partial charge >= 0.3 is 0 Å². The van der Waals surface area contributed by atoms with Gasteiger partial charge in [-0.15, -0.1) is 11.3 Å². The predicted octanol–water partition coefficient (Wildman–Crippen LogP) is 3.99. The molecule has 2 nitrogen and oxygen atoms in total. The van der Waals surface area contributed by atoms with Crippen LogP contribution in [0.25, 0.3) is 0 Å². The van der Waals surface area contributed by atoms with E-state index in [0.717, 1.165) is 5.92 Å². The van der Waals surface area contributed by atoms with Gasteiger partial charge in [0.2, 0.25) is 0 Å². The third-order valence-corrected chi connectivity index (χ3v) is 6.84. The van der Waals surface area contributed by atoms with Crippen LogP contribution < -0.4 is 11.3 Å². The predicted molar refractivity (Wildman–Crippen MR) is 86.6 cm³/mol. The molecule has 4 atom stereocenters. The molecule has 1 saturated carbocycles. The molecule has 2 aliphatic rings. The van der Waals surface area contributed by atoms with Gasteiger partial charge in [0.1, 0.15) is 0 Å². The molecule has 1 aromatic heterocycles. The number of halogens is 1. The maximum absolute atomic E-state index is 5.88. The summed E-state index contributed by atoms with van der Waals surface area (Å²) in [5.74, 6) is 8.00. The molecule has 4 heteroatoms. The van der Waals surface area contributed by atoms with Crippen LogP contribution in [0.5, 0.6) is 0 Å². The molecule has 3 N–H and O–H groups in total. The number of thiophene rings is 1. The highest BCUT2D eigenvalue weighted by molar-refractivity contribution is 9.10. The molecular formula is C16H17BrN2S. The van der Waals surface area contributed by atoms with E-state index in [0.29, 0.717) is 11.8 Å². The number of hydrogen-bond donors (Lipinski definition) is 2. The van der Waals surface area contributed by atoms with Crippen LogP contribution in [0.1, 0.15) is 34.4 Å². The Bertz CT molecular complexity index is 639. The molecule has 4 rings (SSSR count). The number of hydrogen-bond acceptors (Lipinski definition) is 3. The summed E-state index contributed by atoms with van der Waals surface area (Å²) in [5, 5.41) is 2.13. The van der Waals surface area contributed by atoms with Gasteiger partial charge in [-0.3, -0.25) is 11.3 Å². The molecule has 0 spiro atoms. The lowest BCUT2D eigenvalue weighted by molar-refractivity contribution is 0.465. The fourth-order valence-corrected chi connectivity index (χ4v) is 5.70. The number of nitrogens with two attached hydrogens (primary N) is 1. The van der Waals surface area contributed by atoms with Crippen LogP contribution in [-0.2, 0) is 6.42 Å². The molecular weight excluding hydrogens is 332 g/mol. The topological polar surface area (TPSA) is 38.0 Å². The number of nitrogens with one attached hydrogen (secondary N) is 1. The Morgan fingerprint density at radius 3 is 2.90 bits per heavy atom. The number of hydrazine groups is 1. The largest absolute Gasteiger partial charge is 0.271 e. The fourth-order valence-electron chi connectivity index (χ4n) is 3.96. The van der Waals surface area contributed by atoms with Crippen molar-refractivity contribution in [3.8, 4) is 0 Å². The normalized spacial score (nSPS) is 28.6. The molecule has 1 aromatic carbocycles. The van der Waals surface area contributed by atoms with E-state index < -0.39 is 0 Å². The Balaban J connectivity index is 1.67. The zero-order valence-electron chi connectivity index (χ0n) is 11.1. The van der Waals surface area contributed by atoms with E-state index >= 15 is 0 Å². The van der Waals surface area contributed by atoms with Crippen molar-refractivity contribution in [1.82, 2.24) is 5.43 Å². The average molecular weight is 349 g/mol. The number of rotatable bonds is 3. The van der Waals surface area contributed by atoms with E-state index in [2.05, 4.69) is 57.1 Å². The summed E-state index contributed by atoms with van der Waals surface area (Å²) >= 11 is 5.44. The molecule has 4 unspecified atom stereocenters. The minimum absolute atomic E-state index is 0.269. The first-order valence-corrected chi connectivity index (χ1v) is 8.75. The van der Waals surface area contributed by atoms with Crippen LogP contribution >= 0.6 is 27.3 Å². The molecule has 0 bridgehead atoms. The molecule has 20 heavy (non-hydrogen) atoms. The van der Waals surface area contributed by atoms with E-state index in [-0.39, 0.29) is 6.04 Å². The molecule has 0 saturated heterocycles. The molecule has 0 amide bonds. The number of aryl methyl sites for hydroxylation is 1. The summed E-state index contributed by atoms with van der Waals surface area (Å²) in [7, 11) is 0. The number of fused-ring (bicyclic) bond motifs is 3. The van der Waals surface area contributed by atoms with Crippen molar-refractivity contribution >= 4 is 27.3 Å². The summed E-state index contributed by atoms with van der Waals surface area (Å²) < 4.78 is 1.18. The smallest absolute Gasteiger partial charge is 0.0601 e. The average Bonchev–Trinajstić information content (AvgIpc) is 3.06. The lowest BCUT2D eigenvalue weighted by Crippen LogP contribution is -2.29. The van der Waals surface area contributed by atoms with Crippen molar-refractivity contribution in [2.75, 3.05) is 0 Å². The van der Waals surface area contributed by atoms with Crippen LogP contribution in [-0.4, -0.2) is 0 Å². The maximum Gasteiger partial charge on any atom is 0.0601 e. The van der Waals surface area contributed by atoms with Crippen molar-refractivity contribution < 1.29 is 0 Å². The Hall–Kier alpha value is -0.680. The summed E-state index contributed by atoms with van der Waals surface area (Å²) in [4.78, 5) is 1.34. The summed E-state index contributed by atoms with van der Waals surface area (Å²) in [6, 6.07) is 11.3. The van der Waals surface area contributed by atoms with E-state index in [1.54, 1.807) is 16.9 Å². The van der Waals surface area contributed by atoms with Gasteiger partial charge in [0.25, 0.3) is 0 Å². The first-order valence-electron chi connectivity index (χ1n) is 7.08. The first kappa shape index (κ1) is 13.0. The molecule has 0 aliphatic heterocycles. The Morgan fingerprint density at radius 1 is 1.30 bits per heavy atom. The zero-order chi connectivity index (χ0) is 13.7. The van der Waals surface area contributed by atoms with Crippen molar-refractivity contribution in [2.45, 2.75) is 24.8 Å². The van der Waals surface area contributed by atoms with Gasteiger partial charge in [-0.05, 0) is 69.1 Å². The second-order valence-electron chi connectivity index (χ2n) is 5.78. The summed E-state index contributed by atoms with van der Waals surface area (Å²) in [6.45, 7) is 0. The van der Waals surface area contributed by atoms with Gasteiger partial charge in [-0.1, -0.05) is 24.3 Å². The third-order valence-electron chi connectivity index (χ3n) is 4.88. The van der Waals surface area contributed by atoms with E-state index in [1.807, 2.05) is 0 Å². The van der Waals surface area contributed by atoms with Crippen molar-refractivity contribution in [3.05, 3.63) is 56.2 Å². The van der Waals surface area contributed by atoms with Gasteiger partial charge < -0.3 is 0 Å². The fraction of sp³-hybridized carbons (Fsp3) is 0.375. The highest BCUT2D eigenvalue weighted by Gasteiger charge is 2.56. The maximum atomic E-state index is 5.88. The van der Waals surface area contributed by atoms with Crippen LogP contribution in [0.2, 0.25) is 0 Å². The second kappa shape index (κ2) is 4.95. The SMILES string of the molecule is NNC(c1sccc1Br)C1C2CCc3ccccc3C21. The third kappa shape index (κ3) is 1.90. The molecule has 0 radical (unpaired) electrons. The van der Waals surface area contributed by atoms with Crippen LogP contribution in [0.4, 0.5) is 0 Å². The van der Waals surface area contributed by atoms with E-state index in [4.69, 9.17) is 5.84 Å². The highest BCUT2D eigenvalue weighted by atomic mass is 79.9. The zero-order valence-corrected chi connectivity index (χ0v) is 13.5. The quantitative estimate of drug-likeness (QED) is 0.650. The van der Waals surface area contributed by atoms with Gasteiger partial charge in [0, 0.05) is 9.35 Å². The molecule has 104 valence electrons. The molecule has 2 aromatic rings. The van der Waals surface area contributed by atoms with Crippen LogP contribution in [0, 0.1) is 11.8 Å². The molecule has 1 heterocycles. The van der Waals surface area contributed by atoms with Gasteiger partial charge in [0.15, 0.2) is 0 Å². The monoisotopic (exact) mass is 348 g/mol. The second-order valence-corrected chi connectivity index (χ2v) is 7.58. The van der Waals surface area contributed by atoms with Crippen molar-refractivity contribution in [3.63, 3.8) is 0 Å². The number of benzene rings is 1. The van der Waals surface area contributed by atoms with E-state index in [1.165, 1.54) is 27.8 Å². The van der Waals surface area contributed by atoms with Crippen LogP contribution in [0.3, 0.4) is 0 Å². The van der Waals surface area contributed by atoms with Gasteiger partial charge in [0.05, 0.1) is 6.04 Å². The molecule has 1 fully saturated rings. The molecule has 2 aliphatic carbocycles. The van der Waals surface area contributed by atoms with Gasteiger partial charge in [-0.2, -0.15) is 0 Å². The van der Waals surface area contributed by atoms with Crippen molar-refractivity contribution in [1.29, 1.82) is 0 Å². The standard InChI is InChI=1S/C16H17BrN2S/c17-12-7-8-20-16(12)15(19-18)14-11-6-5-9-3-1-2-4-10(9)13(11)14/h1-4,7-8,11,13-15,19H,5-6,18H2. The van der Waals surface area contributed by atoms with Crippen LogP contribution in [0.15, 0.2) is 40.2 Å². The minimum atomic E-state index is 0.269. The van der Waals surface area contributed by atoms with Crippen molar-refractivity contribution in [2.24, 2.45) is 17.7 Å². The van der Waals surface area contributed by atoms with E-state index in [9.17, 15) is 0 Å².